The zero-order valence-corrected chi connectivity index (χ0v) is 17.8. The minimum atomic E-state index is -0.457. The standard InChI is InChI=1S/C21H36N4O4/c1-16(2)28-14-18(26)12-24-8-10-25(11-9-24)13-20-23-19(15-29-20)21(27)22-17-6-4-3-5-7-17/h15-18,26H,3-14H2,1-2H3,(H,22,27)/t18-/m0/s1. The van der Waals surface area contributed by atoms with E-state index in [4.69, 9.17) is 9.15 Å². The number of nitrogens with zero attached hydrogens (tertiary/aromatic N) is 3. The maximum Gasteiger partial charge on any atom is 0.273 e. The molecule has 0 radical (unpaired) electrons. The maximum absolute atomic E-state index is 12.4. The first-order chi connectivity index (χ1) is 14.0. The van der Waals surface area contributed by atoms with E-state index in [1.807, 2.05) is 13.8 Å². The summed E-state index contributed by atoms with van der Waals surface area (Å²) in [6.07, 6.45) is 6.88. The predicted octanol–water partition coefficient (Wildman–Crippen LogP) is 1.64. The molecule has 164 valence electrons. The number of nitrogens with one attached hydrogen (secondary N) is 1. The van der Waals surface area contributed by atoms with Gasteiger partial charge >= 0.3 is 0 Å². The van der Waals surface area contributed by atoms with Gasteiger partial charge in [0.25, 0.3) is 5.91 Å². The molecule has 1 aromatic rings. The van der Waals surface area contributed by atoms with Crippen LogP contribution >= 0.6 is 0 Å². The molecule has 0 unspecified atom stereocenters. The normalized spacial score (nSPS) is 20.8. The van der Waals surface area contributed by atoms with Gasteiger partial charge in [-0.3, -0.25) is 14.6 Å². The van der Waals surface area contributed by atoms with Crippen LogP contribution < -0.4 is 5.32 Å². The molecular weight excluding hydrogens is 372 g/mol. The van der Waals surface area contributed by atoms with Crippen LogP contribution in [0.1, 0.15) is 62.3 Å². The molecule has 2 aliphatic rings. The molecule has 0 bridgehead atoms. The van der Waals surface area contributed by atoms with E-state index in [9.17, 15) is 9.90 Å². The van der Waals surface area contributed by atoms with Crippen LogP contribution in [0.4, 0.5) is 0 Å². The Morgan fingerprint density at radius 2 is 1.93 bits per heavy atom. The Morgan fingerprint density at radius 3 is 2.62 bits per heavy atom. The van der Waals surface area contributed by atoms with Crippen LogP contribution in [0.3, 0.4) is 0 Å². The molecule has 3 rings (SSSR count). The van der Waals surface area contributed by atoms with Gasteiger partial charge in [-0.25, -0.2) is 4.98 Å². The highest BCUT2D eigenvalue weighted by Gasteiger charge is 2.22. The zero-order valence-electron chi connectivity index (χ0n) is 17.8. The van der Waals surface area contributed by atoms with Crippen molar-refractivity contribution in [1.29, 1.82) is 0 Å². The molecule has 1 aromatic heterocycles. The van der Waals surface area contributed by atoms with E-state index < -0.39 is 6.10 Å². The molecule has 2 fully saturated rings. The third-order valence-corrected chi connectivity index (χ3v) is 5.64. The van der Waals surface area contributed by atoms with Gasteiger partial charge in [-0.05, 0) is 26.7 Å². The third kappa shape index (κ3) is 7.37. The Kier molecular flexibility index (Phi) is 8.47. The fraction of sp³-hybridized carbons (Fsp3) is 0.810. The Morgan fingerprint density at radius 1 is 1.24 bits per heavy atom. The number of hydrogen-bond acceptors (Lipinski definition) is 7. The highest BCUT2D eigenvalue weighted by molar-refractivity contribution is 5.92. The van der Waals surface area contributed by atoms with E-state index in [-0.39, 0.29) is 18.1 Å². The van der Waals surface area contributed by atoms with Crippen molar-refractivity contribution >= 4 is 5.91 Å². The largest absolute Gasteiger partial charge is 0.447 e. The number of aliphatic hydroxyl groups excluding tert-OH is 1. The van der Waals surface area contributed by atoms with Crippen LogP contribution in [-0.2, 0) is 11.3 Å². The van der Waals surface area contributed by atoms with Crippen molar-refractivity contribution in [2.45, 2.75) is 70.7 Å². The van der Waals surface area contributed by atoms with Crippen molar-refractivity contribution < 1.29 is 19.1 Å². The topological polar surface area (TPSA) is 91.1 Å². The average Bonchev–Trinajstić information content (AvgIpc) is 3.17. The lowest BCUT2D eigenvalue weighted by atomic mass is 9.95. The van der Waals surface area contributed by atoms with Gasteiger partial charge in [0.05, 0.1) is 25.4 Å². The summed E-state index contributed by atoms with van der Waals surface area (Å²) < 4.78 is 11.0. The number of β-amino-alcohol motifs (C(OH)–C–C–N with tert-alkyl or cyclic N) is 1. The summed E-state index contributed by atoms with van der Waals surface area (Å²) in [5, 5.41) is 13.2. The predicted molar refractivity (Wildman–Crippen MR) is 110 cm³/mol. The Hall–Kier alpha value is -1.48. The lowest BCUT2D eigenvalue weighted by Gasteiger charge is -2.35. The summed E-state index contributed by atoms with van der Waals surface area (Å²) in [7, 11) is 0. The highest BCUT2D eigenvalue weighted by atomic mass is 16.5. The van der Waals surface area contributed by atoms with Crippen LogP contribution in [0.2, 0.25) is 0 Å². The van der Waals surface area contributed by atoms with Crippen molar-refractivity contribution in [3.05, 3.63) is 17.8 Å². The van der Waals surface area contributed by atoms with Crippen molar-refractivity contribution in [2.75, 3.05) is 39.3 Å². The Labute approximate surface area is 173 Å². The third-order valence-electron chi connectivity index (χ3n) is 5.64. The molecule has 29 heavy (non-hydrogen) atoms. The van der Waals surface area contributed by atoms with Crippen LogP contribution in [0.5, 0.6) is 0 Å². The molecule has 1 amide bonds. The number of aromatic nitrogens is 1. The lowest BCUT2D eigenvalue weighted by Crippen LogP contribution is -2.48. The summed E-state index contributed by atoms with van der Waals surface area (Å²) in [4.78, 5) is 21.3. The van der Waals surface area contributed by atoms with E-state index >= 15 is 0 Å². The Bertz CT molecular complexity index is 622. The molecule has 8 heteroatoms. The van der Waals surface area contributed by atoms with Gasteiger partial charge in [-0.1, -0.05) is 19.3 Å². The number of carbonyl (C=O) groups excluding carboxylic acids is 1. The second kappa shape index (κ2) is 11.1. The van der Waals surface area contributed by atoms with E-state index in [0.717, 1.165) is 39.0 Å². The van der Waals surface area contributed by atoms with Gasteiger partial charge in [-0.15, -0.1) is 0 Å². The molecule has 1 aliphatic heterocycles. The van der Waals surface area contributed by atoms with Crippen LogP contribution in [0.25, 0.3) is 0 Å². The van der Waals surface area contributed by atoms with Crippen LogP contribution in [-0.4, -0.2) is 83.4 Å². The van der Waals surface area contributed by atoms with E-state index in [1.54, 1.807) is 0 Å². The number of oxazole rings is 1. The van der Waals surface area contributed by atoms with E-state index in [1.165, 1.54) is 25.5 Å². The van der Waals surface area contributed by atoms with Gasteiger partial charge in [0.1, 0.15) is 6.26 Å². The molecular formula is C21H36N4O4. The van der Waals surface area contributed by atoms with Gasteiger partial charge in [0.2, 0.25) is 5.89 Å². The molecule has 1 saturated carbocycles. The van der Waals surface area contributed by atoms with Gasteiger partial charge in [0, 0.05) is 38.8 Å². The first-order valence-electron chi connectivity index (χ1n) is 11.0. The highest BCUT2D eigenvalue weighted by Crippen LogP contribution is 2.18. The van der Waals surface area contributed by atoms with Crippen molar-refractivity contribution in [3.8, 4) is 0 Å². The molecule has 0 spiro atoms. The Balaban J connectivity index is 1.38. The summed E-state index contributed by atoms with van der Waals surface area (Å²) >= 11 is 0. The van der Waals surface area contributed by atoms with Crippen LogP contribution in [0, 0.1) is 0 Å². The summed E-state index contributed by atoms with van der Waals surface area (Å²) in [6.45, 7) is 9.07. The average molecular weight is 409 g/mol. The quantitative estimate of drug-likeness (QED) is 0.642. The van der Waals surface area contributed by atoms with Gasteiger partial charge in [-0.2, -0.15) is 0 Å². The smallest absolute Gasteiger partial charge is 0.273 e. The van der Waals surface area contributed by atoms with E-state index in [2.05, 4.69) is 20.1 Å². The summed E-state index contributed by atoms with van der Waals surface area (Å²) in [5.74, 6) is 0.451. The number of carbonyl (C=O) groups is 1. The van der Waals surface area contributed by atoms with Crippen molar-refractivity contribution in [2.24, 2.45) is 0 Å². The number of rotatable bonds is 9. The van der Waals surface area contributed by atoms with Crippen molar-refractivity contribution in [3.63, 3.8) is 0 Å². The molecule has 2 N–H and O–H groups in total. The minimum absolute atomic E-state index is 0.130. The SMILES string of the molecule is CC(C)OC[C@@H](O)CN1CCN(Cc2nc(C(=O)NC3CCCCC3)co2)CC1. The molecule has 1 atom stereocenters. The first kappa shape index (κ1) is 22.2. The maximum atomic E-state index is 12.4. The first-order valence-corrected chi connectivity index (χ1v) is 11.0. The molecule has 0 aromatic carbocycles. The fourth-order valence-electron chi connectivity index (χ4n) is 3.97. The molecule has 1 aliphatic carbocycles. The second-order valence-corrected chi connectivity index (χ2v) is 8.55. The number of ether oxygens (including phenoxy) is 1. The summed E-state index contributed by atoms with van der Waals surface area (Å²) in [6, 6.07) is 0.269. The number of piperazine rings is 1. The number of amides is 1. The number of aliphatic hydroxyl groups is 1. The molecule has 2 heterocycles. The second-order valence-electron chi connectivity index (χ2n) is 8.55. The lowest BCUT2D eigenvalue weighted by molar-refractivity contribution is -0.0151. The summed E-state index contributed by atoms with van der Waals surface area (Å²) in [5.41, 5.74) is 0.373. The number of hydrogen-bond donors (Lipinski definition) is 2. The molecule has 1 saturated heterocycles. The monoisotopic (exact) mass is 408 g/mol. The van der Waals surface area contributed by atoms with E-state index in [0.29, 0.717) is 31.3 Å². The van der Waals surface area contributed by atoms with Crippen molar-refractivity contribution in [1.82, 2.24) is 20.1 Å². The zero-order chi connectivity index (χ0) is 20.6. The van der Waals surface area contributed by atoms with Gasteiger partial charge in [0.15, 0.2) is 5.69 Å². The van der Waals surface area contributed by atoms with Gasteiger partial charge < -0.3 is 19.6 Å². The fourth-order valence-corrected chi connectivity index (χ4v) is 3.97. The van der Waals surface area contributed by atoms with Crippen LogP contribution in [0.15, 0.2) is 10.7 Å². The minimum Gasteiger partial charge on any atom is -0.447 e. The molecule has 8 nitrogen and oxygen atoms in total.